The highest BCUT2D eigenvalue weighted by molar-refractivity contribution is 5.92. The summed E-state index contributed by atoms with van der Waals surface area (Å²) in [6.45, 7) is 0. The maximum absolute atomic E-state index is 11.6. The maximum Gasteiger partial charge on any atom is 0.341 e. The van der Waals surface area contributed by atoms with Gasteiger partial charge in [-0.2, -0.15) is 0 Å². The number of para-hydroxylation sites is 1. The average molecular weight is 258 g/mol. The predicted molar refractivity (Wildman–Crippen MR) is 73.1 cm³/mol. The Hall–Kier alpha value is -2.69. The van der Waals surface area contributed by atoms with Gasteiger partial charge in [0.15, 0.2) is 0 Å². The molecule has 98 valence electrons. The number of nitrogen functional groups attached to an aromatic ring is 2. The van der Waals surface area contributed by atoms with Crippen LogP contribution < -0.4 is 16.2 Å². The Kier molecular flexibility index (Phi) is 3.56. The van der Waals surface area contributed by atoms with Crippen LogP contribution in [0.2, 0.25) is 0 Å². The van der Waals surface area contributed by atoms with E-state index in [1.54, 1.807) is 42.5 Å². The number of methoxy groups -OCH3 is 1. The molecule has 0 saturated carbocycles. The van der Waals surface area contributed by atoms with Crippen molar-refractivity contribution in [3.8, 4) is 11.5 Å². The highest BCUT2D eigenvalue weighted by Gasteiger charge is 2.13. The fourth-order valence-corrected chi connectivity index (χ4v) is 1.61. The van der Waals surface area contributed by atoms with Crippen molar-refractivity contribution in [2.75, 3.05) is 18.6 Å². The van der Waals surface area contributed by atoms with E-state index in [1.165, 1.54) is 7.11 Å². The first-order chi connectivity index (χ1) is 9.11. The summed E-state index contributed by atoms with van der Waals surface area (Å²) in [5.41, 5.74) is 12.7. The smallest absolute Gasteiger partial charge is 0.341 e. The van der Waals surface area contributed by atoms with Crippen LogP contribution in [0.25, 0.3) is 0 Å². The molecule has 4 N–H and O–H groups in total. The molecule has 0 bridgehead atoms. The molecular weight excluding hydrogens is 244 g/mol. The molecule has 5 heteroatoms. The summed E-state index contributed by atoms with van der Waals surface area (Å²) in [6.07, 6.45) is 0. The summed E-state index contributed by atoms with van der Waals surface area (Å²) in [7, 11) is 1.32. The highest BCUT2D eigenvalue weighted by atomic mass is 16.5. The number of hydrogen-bond donors (Lipinski definition) is 2. The van der Waals surface area contributed by atoms with Crippen LogP contribution in [-0.2, 0) is 4.74 Å². The van der Waals surface area contributed by atoms with Gasteiger partial charge in [0, 0.05) is 5.69 Å². The fraction of sp³-hybridized carbons (Fsp3) is 0.0714. The molecule has 0 heterocycles. The van der Waals surface area contributed by atoms with Crippen molar-refractivity contribution in [1.82, 2.24) is 0 Å². The molecule has 0 aliphatic rings. The van der Waals surface area contributed by atoms with Crippen molar-refractivity contribution in [2.45, 2.75) is 0 Å². The molecule has 0 amide bonds. The number of carbonyl (C=O) groups is 1. The number of carbonyl (C=O) groups excluding carboxylic acids is 1. The first-order valence-corrected chi connectivity index (χ1v) is 5.62. The first kappa shape index (κ1) is 12.8. The molecule has 0 aliphatic carbocycles. The zero-order chi connectivity index (χ0) is 13.8. The Bertz CT molecular complexity index is 611. The van der Waals surface area contributed by atoms with Crippen molar-refractivity contribution in [2.24, 2.45) is 0 Å². The van der Waals surface area contributed by atoms with Crippen molar-refractivity contribution >= 4 is 17.3 Å². The highest BCUT2D eigenvalue weighted by Crippen LogP contribution is 2.31. The van der Waals surface area contributed by atoms with Crippen molar-refractivity contribution in [1.29, 1.82) is 0 Å². The summed E-state index contributed by atoms with van der Waals surface area (Å²) >= 11 is 0. The summed E-state index contributed by atoms with van der Waals surface area (Å²) < 4.78 is 10.3. The quantitative estimate of drug-likeness (QED) is 0.652. The molecule has 19 heavy (non-hydrogen) atoms. The van der Waals surface area contributed by atoms with Gasteiger partial charge in [0.05, 0.1) is 12.8 Å². The molecule has 2 aromatic rings. The van der Waals surface area contributed by atoms with Crippen molar-refractivity contribution in [3.05, 3.63) is 48.0 Å². The van der Waals surface area contributed by atoms with Crippen LogP contribution in [0.3, 0.4) is 0 Å². The van der Waals surface area contributed by atoms with Gasteiger partial charge in [-0.15, -0.1) is 0 Å². The van der Waals surface area contributed by atoms with Gasteiger partial charge in [-0.3, -0.25) is 0 Å². The average Bonchev–Trinajstić information content (AvgIpc) is 2.41. The third kappa shape index (κ3) is 2.77. The van der Waals surface area contributed by atoms with Crippen LogP contribution in [0.5, 0.6) is 11.5 Å². The number of nitrogens with two attached hydrogens (primary N) is 2. The molecule has 0 aromatic heterocycles. The number of ether oxygens (including phenoxy) is 2. The Balaban J connectivity index is 2.35. The maximum atomic E-state index is 11.6. The van der Waals surface area contributed by atoms with E-state index in [4.69, 9.17) is 20.9 Å². The standard InChI is InChI=1S/C14H14N2O3/c1-18-14(17)10-4-2-3-5-12(10)19-13-7-6-9(15)8-11(13)16/h2-8H,15-16H2,1H3. The van der Waals surface area contributed by atoms with Gasteiger partial charge in [-0.05, 0) is 30.3 Å². The lowest BCUT2D eigenvalue weighted by Gasteiger charge is -2.11. The summed E-state index contributed by atoms with van der Waals surface area (Å²) in [6, 6.07) is 11.7. The Morgan fingerprint density at radius 3 is 2.47 bits per heavy atom. The molecule has 0 unspecified atom stereocenters. The summed E-state index contributed by atoms with van der Waals surface area (Å²) in [4.78, 5) is 11.6. The minimum atomic E-state index is -0.468. The second-order valence-corrected chi connectivity index (χ2v) is 3.89. The molecule has 5 nitrogen and oxygen atoms in total. The molecule has 0 spiro atoms. The number of esters is 1. The van der Waals surface area contributed by atoms with Crippen LogP contribution in [0, 0.1) is 0 Å². The lowest BCUT2D eigenvalue weighted by atomic mass is 10.2. The molecule has 2 rings (SSSR count). The van der Waals surface area contributed by atoms with E-state index in [-0.39, 0.29) is 0 Å². The molecule has 0 saturated heterocycles. The minimum absolute atomic E-state index is 0.334. The van der Waals surface area contributed by atoms with Gasteiger partial charge in [0.2, 0.25) is 0 Å². The molecular formula is C14H14N2O3. The van der Waals surface area contributed by atoms with E-state index in [2.05, 4.69) is 0 Å². The second kappa shape index (κ2) is 5.30. The van der Waals surface area contributed by atoms with Gasteiger partial charge < -0.3 is 20.9 Å². The van der Waals surface area contributed by atoms with Crippen LogP contribution in [-0.4, -0.2) is 13.1 Å². The molecule has 0 radical (unpaired) electrons. The lowest BCUT2D eigenvalue weighted by Crippen LogP contribution is -2.04. The lowest BCUT2D eigenvalue weighted by molar-refractivity contribution is 0.0598. The fourth-order valence-electron chi connectivity index (χ4n) is 1.61. The second-order valence-electron chi connectivity index (χ2n) is 3.89. The van der Waals surface area contributed by atoms with E-state index < -0.39 is 5.97 Å². The predicted octanol–water partition coefficient (Wildman–Crippen LogP) is 2.43. The zero-order valence-corrected chi connectivity index (χ0v) is 10.4. The van der Waals surface area contributed by atoms with Crippen LogP contribution in [0.1, 0.15) is 10.4 Å². The Labute approximate surface area is 110 Å². The SMILES string of the molecule is COC(=O)c1ccccc1Oc1ccc(N)cc1N. The number of anilines is 2. The van der Waals surface area contributed by atoms with Crippen LogP contribution in [0.4, 0.5) is 11.4 Å². The first-order valence-electron chi connectivity index (χ1n) is 5.62. The zero-order valence-electron chi connectivity index (χ0n) is 10.4. The van der Waals surface area contributed by atoms with E-state index >= 15 is 0 Å². The Morgan fingerprint density at radius 2 is 1.79 bits per heavy atom. The van der Waals surface area contributed by atoms with Gasteiger partial charge in [-0.25, -0.2) is 4.79 Å². The van der Waals surface area contributed by atoms with Crippen LogP contribution in [0.15, 0.2) is 42.5 Å². The van der Waals surface area contributed by atoms with E-state index in [9.17, 15) is 4.79 Å². The number of hydrogen-bond acceptors (Lipinski definition) is 5. The third-order valence-electron chi connectivity index (χ3n) is 2.55. The van der Waals surface area contributed by atoms with E-state index in [1.807, 2.05) is 0 Å². The number of rotatable bonds is 3. The number of benzene rings is 2. The topological polar surface area (TPSA) is 87.6 Å². The third-order valence-corrected chi connectivity index (χ3v) is 2.55. The van der Waals surface area contributed by atoms with Crippen molar-refractivity contribution in [3.63, 3.8) is 0 Å². The molecule has 0 fully saturated rings. The Morgan fingerprint density at radius 1 is 1.05 bits per heavy atom. The van der Waals surface area contributed by atoms with E-state index in [0.29, 0.717) is 28.4 Å². The summed E-state index contributed by atoms with van der Waals surface area (Å²) in [5.74, 6) is 0.348. The largest absolute Gasteiger partial charge is 0.465 e. The summed E-state index contributed by atoms with van der Waals surface area (Å²) in [5, 5.41) is 0. The van der Waals surface area contributed by atoms with Gasteiger partial charge in [-0.1, -0.05) is 12.1 Å². The van der Waals surface area contributed by atoms with Gasteiger partial charge >= 0.3 is 5.97 Å². The molecule has 0 atom stereocenters. The van der Waals surface area contributed by atoms with Crippen molar-refractivity contribution < 1.29 is 14.3 Å². The molecule has 2 aromatic carbocycles. The van der Waals surface area contributed by atoms with Gasteiger partial charge in [0.1, 0.15) is 17.1 Å². The van der Waals surface area contributed by atoms with E-state index in [0.717, 1.165) is 0 Å². The van der Waals surface area contributed by atoms with Crippen LogP contribution >= 0.6 is 0 Å². The normalized spacial score (nSPS) is 9.95. The minimum Gasteiger partial charge on any atom is -0.465 e. The van der Waals surface area contributed by atoms with Gasteiger partial charge in [0.25, 0.3) is 0 Å². The molecule has 0 aliphatic heterocycles. The monoisotopic (exact) mass is 258 g/mol.